The molecule has 0 spiro atoms. The van der Waals surface area contributed by atoms with Crippen LogP contribution in [0.1, 0.15) is 32.6 Å². The Hall–Kier alpha value is -0.960. The molecule has 19 heavy (non-hydrogen) atoms. The highest BCUT2D eigenvalue weighted by atomic mass is 35.5. The predicted molar refractivity (Wildman–Crippen MR) is 80.1 cm³/mol. The van der Waals surface area contributed by atoms with Crippen LogP contribution in [0.2, 0.25) is 0 Å². The first-order chi connectivity index (χ1) is 9.35. The minimum absolute atomic E-state index is 0.651. The molecule has 0 aromatic carbocycles. The van der Waals surface area contributed by atoms with Crippen molar-refractivity contribution >= 4 is 17.4 Å². The zero-order chi connectivity index (χ0) is 13.5. The fourth-order valence-electron chi connectivity index (χ4n) is 2.67. The van der Waals surface area contributed by atoms with Crippen LogP contribution in [0, 0.1) is 11.8 Å². The molecule has 0 amide bonds. The second kappa shape index (κ2) is 7.59. The van der Waals surface area contributed by atoms with Crippen molar-refractivity contribution in [2.24, 2.45) is 11.8 Å². The van der Waals surface area contributed by atoms with E-state index in [1.807, 2.05) is 12.1 Å². The molecule has 106 valence electrons. The van der Waals surface area contributed by atoms with Crippen molar-refractivity contribution in [3.05, 3.63) is 18.3 Å². The third-order valence-corrected chi connectivity index (χ3v) is 4.18. The zero-order valence-electron chi connectivity index (χ0n) is 11.6. The van der Waals surface area contributed by atoms with E-state index in [0.717, 1.165) is 37.0 Å². The Morgan fingerprint density at radius 3 is 3.05 bits per heavy atom. The molecule has 1 N–H and O–H groups in total. The summed E-state index contributed by atoms with van der Waals surface area (Å²) in [6, 6.07) is 3.88. The van der Waals surface area contributed by atoms with Gasteiger partial charge in [0, 0.05) is 18.6 Å². The third kappa shape index (κ3) is 4.00. The lowest BCUT2D eigenvalue weighted by atomic mass is 9.98. The topological polar surface area (TPSA) is 34.1 Å². The molecule has 4 heteroatoms. The van der Waals surface area contributed by atoms with E-state index < -0.39 is 0 Å². The largest absolute Gasteiger partial charge is 0.490 e. The summed E-state index contributed by atoms with van der Waals surface area (Å²) in [6.45, 7) is 3.78. The summed E-state index contributed by atoms with van der Waals surface area (Å²) in [6.07, 6.45) is 6.63. The van der Waals surface area contributed by atoms with Gasteiger partial charge in [0.2, 0.25) is 0 Å². The minimum Gasteiger partial charge on any atom is -0.490 e. The van der Waals surface area contributed by atoms with E-state index in [1.54, 1.807) is 6.20 Å². The first kappa shape index (κ1) is 14.4. The van der Waals surface area contributed by atoms with Crippen LogP contribution in [0.5, 0.6) is 5.75 Å². The highest BCUT2D eigenvalue weighted by Gasteiger charge is 2.26. The number of nitrogens with one attached hydrogen (secondary N) is 1. The Labute approximate surface area is 120 Å². The highest BCUT2D eigenvalue weighted by Crippen LogP contribution is 2.33. The summed E-state index contributed by atoms with van der Waals surface area (Å²) in [4.78, 5) is 4.37. The van der Waals surface area contributed by atoms with Crippen LogP contribution in [0.25, 0.3) is 0 Å². The second-order valence-electron chi connectivity index (χ2n) is 5.18. The Kier molecular flexibility index (Phi) is 5.77. The SMILES string of the molecule is CCCOc1cccnc1NCC1CCCC1CCl. The Morgan fingerprint density at radius 2 is 2.26 bits per heavy atom. The van der Waals surface area contributed by atoms with E-state index in [1.165, 1.54) is 19.3 Å². The highest BCUT2D eigenvalue weighted by molar-refractivity contribution is 6.18. The Morgan fingerprint density at radius 1 is 1.42 bits per heavy atom. The van der Waals surface area contributed by atoms with Gasteiger partial charge in [-0.25, -0.2) is 4.98 Å². The molecular weight excluding hydrogens is 260 g/mol. The summed E-state index contributed by atoms with van der Waals surface area (Å²) < 4.78 is 5.70. The molecule has 1 heterocycles. The van der Waals surface area contributed by atoms with Crippen LogP contribution in [-0.2, 0) is 0 Å². The van der Waals surface area contributed by atoms with Gasteiger partial charge in [-0.05, 0) is 43.2 Å². The maximum atomic E-state index is 6.02. The van der Waals surface area contributed by atoms with E-state index in [0.29, 0.717) is 11.8 Å². The third-order valence-electron chi connectivity index (χ3n) is 3.78. The van der Waals surface area contributed by atoms with E-state index >= 15 is 0 Å². The first-order valence-electron chi connectivity index (χ1n) is 7.22. The number of ether oxygens (including phenoxy) is 1. The van der Waals surface area contributed by atoms with E-state index in [2.05, 4.69) is 17.2 Å². The van der Waals surface area contributed by atoms with Gasteiger partial charge in [0.05, 0.1) is 6.61 Å². The number of halogens is 1. The molecule has 2 rings (SSSR count). The summed E-state index contributed by atoms with van der Waals surface area (Å²) >= 11 is 6.02. The van der Waals surface area contributed by atoms with Crippen LogP contribution in [-0.4, -0.2) is 24.0 Å². The second-order valence-corrected chi connectivity index (χ2v) is 5.49. The lowest BCUT2D eigenvalue weighted by Gasteiger charge is -2.19. The van der Waals surface area contributed by atoms with Gasteiger partial charge in [-0.3, -0.25) is 0 Å². The lowest BCUT2D eigenvalue weighted by Crippen LogP contribution is -2.20. The molecule has 1 aliphatic rings. The van der Waals surface area contributed by atoms with E-state index in [4.69, 9.17) is 16.3 Å². The molecular formula is C15H23ClN2O. The van der Waals surface area contributed by atoms with Gasteiger partial charge in [-0.1, -0.05) is 13.3 Å². The lowest BCUT2D eigenvalue weighted by molar-refractivity contribution is 0.317. The fourth-order valence-corrected chi connectivity index (χ4v) is 3.07. The summed E-state index contributed by atoms with van der Waals surface area (Å²) in [7, 11) is 0. The molecule has 1 aliphatic carbocycles. The monoisotopic (exact) mass is 282 g/mol. The van der Waals surface area contributed by atoms with E-state index in [-0.39, 0.29) is 0 Å². The smallest absolute Gasteiger partial charge is 0.168 e. The van der Waals surface area contributed by atoms with Gasteiger partial charge in [0.1, 0.15) is 0 Å². The maximum Gasteiger partial charge on any atom is 0.168 e. The summed E-state index contributed by atoms with van der Waals surface area (Å²) in [5.74, 6) is 3.80. The van der Waals surface area contributed by atoms with Crippen LogP contribution in [0.3, 0.4) is 0 Å². The quantitative estimate of drug-likeness (QED) is 0.769. The number of pyridine rings is 1. The molecule has 1 saturated carbocycles. The molecule has 2 atom stereocenters. The number of nitrogens with zero attached hydrogens (tertiary/aromatic N) is 1. The van der Waals surface area contributed by atoms with Crippen molar-refractivity contribution in [1.82, 2.24) is 4.98 Å². The Bertz CT molecular complexity index is 386. The van der Waals surface area contributed by atoms with Gasteiger partial charge in [-0.2, -0.15) is 0 Å². The molecule has 0 bridgehead atoms. The van der Waals surface area contributed by atoms with Crippen molar-refractivity contribution in [2.45, 2.75) is 32.6 Å². The number of hydrogen-bond acceptors (Lipinski definition) is 3. The predicted octanol–water partition coefficient (Wildman–Crippen LogP) is 3.94. The van der Waals surface area contributed by atoms with Crippen LogP contribution in [0.15, 0.2) is 18.3 Å². The van der Waals surface area contributed by atoms with Crippen LogP contribution in [0.4, 0.5) is 5.82 Å². The number of aromatic nitrogens is 1. The molecule has 2 unspecified atom stereocenters. The summed E-state index contributed by atoms with van der Waals surface area (Å²) in [5.41, 5.74) is 0. The Balaban J connectivity index is 1.91. The van der Waals surface area contributed by atoms with Crippen molar-refractivity contribution in [3.63, 3.8) is 0 Å². The van der Waals surface area contributed by atoms with Crippen molar-refractivity contribution < 1.29 is 4.74 Å². The molecule has 0 saturated heterocycles. The number of alkyl halides is 1. The maximum absolute atomic E-state index is 6.02. The molecule has 3 nitrogen and oxygen atoms in total. The van der Waals surface area contributed by atoms with Crippen LogP contribution < -0.4 is 10.1 Å². The molecule has 1 aromatic rings. The van der Waals surface area contributed by atoms with Gasteiger partial charge >= 0.3 is 0 Å². The molecule has 0 aliphatic heterocycles. The standard InChI is InChI=1S/C15H23ClN2O/c1-2-9-19-14-7-4-8-17-15(14)18-11-13-6-3-5-12(13)10-16/h4,7-8,12-13H,2-3,5-6,9-11H2,1H3,(H,17,18). The average Bonchev–Trinajstić information content (AvgIpc) is 2.91. The van der Waals surface area contributed by atoms with Gasteiger partial charge in [0.25, 0.3) is 0 Å². The fraction of sp³-hybridized carbons (Fsp3) is 0.667. The zero-order valence-corrected chi connectivity index (χ0v) is 12.3. The number of anilines is 1. The average molecular weight is 283 g/mol. The number of rotatable bonds is 7. The molecule has 0 radical (unpaired) electrons. The van der Waals surface area contributed by atoms with Crippen molar-refractivity contribution in [3.8, 4) is 5.75 Å². The first-order valence-corrected chi connectivity index (χ1v) is 7.76. The normalized spacial score (nSPS) is 22.4. The number of hydrogen-bond donors (Lipinski definition) is 1. The van der Waals surface area contributed by atoms with Gasteiger partial charge < -0.3 is 10.1 Å². The van der Waals surface area contributed by atoms with Crippen molar-refractivity contribution in [1.29, 1.82) is 0 Å². The molecule has 1 fully saturated rings. The summed E-state index contributed by atoms with van der Waals surface area (Å²) in [5, 5.41) is 3.43. The van der Waals surface area contributed by atoms with Crippen LogP contribution >= 0.6 is 11.6 Å². The van der Waals surface area contributed by atoms with Gasteiger partial charge in [0.15, 0.2) is 11.6 Å². The molecule has 1 aromatic heterocycles. The minimum atomic E-state index is 0.651. The van der Waals surface area contributed by atoms with E-state index in [9.17, 15) is 0 Å². The van der Waals surface area contributed by atoms with Crippen molar-refractivity contribution in [2.75, 3.05) is 24.3 Å². The van der Waals surface area contributed by atoms with Gasteiger partial charge in [-0.15, -0.1) is 11.6 Å².